The van der Waals surface area contributed by atoms with Crippen molar-refractivity contribution in [2.24, 2.45) is 20.5 Å². The molecule has 0 aliphatic carbocycles. The Morgan fingerprint density at radius 3 is 1.63 bits per heavy atom. The lowest BCUT2D eigenvalue weighted by molar-refractivity contribution is -0.432. The first-order valence-electron chi connectivity index (χ1n) is 18.8. The Kier molecular flexibility index (Phi) is 16.0. The first kappa shape index (κ1) is 53.2. The van der Waals surface area contributed by atoms with Crippen molar-refractivity contribution in [3.05, 3.63) is 102 Å². The van der Waals surface area contributed by atoms with E-state index in [1.165, 1.54) is 92.7 Å². The number of benzene rings is 4. The van der Waals surface area contributed by atoms with Gasteiger partial charge in [0.25, 0.3) is 10.1 Å². The average Bonchev–Trinajstić information content (AvgIpc) is 3.73. The fourth-order valence-corrected chi connectivity index (χ4v) is 10.7. The van der Waals surface area contributed by atoms with E-state index >= 15 is 0 Å². The van der Waals surface area contributed by atoms with Crippen LogP contribution in [0.5, 0.6) is 11.8 Å². The number of sulfone groups is 2. The summed E-state index contributed by atoms with van der Waals surface area (Å²) in [6, 6.07) is 17.9. The summed E-state index contributed by atoms with van der Waals surface area (Å²) >= 11 is 0.391. The van der Waals surface area contributed by atoms with Gasteiger partial charge in [-0.15, -0.1) is 14.6 Å². The summed E-state index contributed by atoms with van der Waals surface area (Å²) in [6.07, 6.45) is 0. The van der Waals surface area contributed by atoms with Gasteiger partial charge in [-0.1, -0.05) is 29.3 Å². The van der Waals surface area contributed by atoms with Gasteiger partial charge in [-0.2, -0.15) is 55.0 Å². The Hall–Kier alpha value is -6.12. The van der Waals surface area contributed by atoms with Crippen LogP contribution in [0.4, 0.5) is 22.7 Å². The van der Waals surface area contributed by atoms with Crippen molar-refractivity contribution in [3.8, 4) is 34.3 Å². The second kappa shape index (κ2) is 21.1. The fraction of sp³-hybridized carbons (Fsp3) is 0.167. The van der Waals surface area contributed by atoms with Crippen LogP contribution in [0.1, 0.15) is 17.0 Å². The van der Waals surface area contributed by atoms with E-state index in [9.17, 15) is 56.9 Å². The normalized spacial score (nSPS) is 12.9. The molecule has 28 nitrogen and oxygen atoms in total. The molecule has 0 aliphatic heterocycles. The van der Waals surface area contributed by atoms with E-state index in [2.05, 4.69) is 48.4 Å². The van der Waals surface area contributed by atoms with Gasteiger partial charge in [0.05, 0.1) is 69.2 Å². The highest BCUT2D eigenvalue weighted by Gasteiger charge is 2.24. The molecule has 0 saturated carbocycles. The number of aromatic nitrogens is 4. The number of hydrogen-bond acceptors (Lipinski definition) is 24. The fourth-order valence-electron chi connectivity index (χ4n) is 6.07. The molecule has 0 radical (unpaired) electrons. The van der Waals surface area contributed by atoms with Crippen molar-refractivity contribution in [3.63, 3.8) is 0 Å². The third-order valence-corrected chi connectivity index (χ3v) is 14.7. The minimum atomic E-state index is -5.03. The molecule has 0 saturated heterocycles. The molecule has 6 rings (SSSR count). The smallest absolute Gasteiger partial charge is 0.398 e. The molecule has 0 amide bonds. The molecule has 2 aromatic heterocycles. The van der Waals surface area contributed by atoms with Crippen LogP contribution in [0.3, 0.4) is 0 Å². The third-order valence-electron chi connectivity index (χ3n) is 9.16. The van der Waals surface area contributed by atoms with Crippen LogP contribution < -0.4 is 0 Å². The number of azo groups is 2. The quantitative estimate of drug-likeness (QED) is 0.0169. The number of hydrogen-bond donors (Lipinski definition) is 6. The first-order chi connectivity index (χ1) is 32.6. The highest BCUT2D eigenvalue weighted by Crippen LogP contribution is 2.41. The van der Waals surface area contributed by atoms with Crippen LogP contribution in [-0.2, 0) is 74.1 Å². The Labute approximate surface area is 401 Å². The van der Waals surface area contributed by atoms with Gasteiger partial charge in [0, 0.05) is 10.5 Å². The molecule has 0 atom stereocenters. The molecule has 34 heteroatoms. The Morgan fingerprint density at radius 2 is 1.13 bits per heavy atom. The van der Waals surface area contributed by atoms with Gasteiger partial charge >= 0.3 is 20.8 Å². The van der Waals surface area contributed by atoms with Crippen LogP contribution in [0.2, 0.25) is 0 Å². The highest BCUT2D eigenvalue weighted by atomic mass is 32.3. The molecule has 6 aromatic rings. The molecule has 374 valence electrons. The average molecular weight is 1090 g/mol. The monoisotopic (exact) mass is 1090 g/mol. The van der Waals surface area contributed by atoms with Gasteiger partial charge in [-0.3, -0.25) is 13.7 Å². The maximum Gasteiger partial charge on any atom is 0.398 e. The third kappa shape index (κ3) is 13.6. The lowest BCUT2D eigenvalue weighted by atomic mass is 10.0. The van der Waals surface area contributed by atoms with E-state index in [1.807, 2.05) is 0 Å². The summed E-state index contributed by atoms with van der Waals surface area (Å²) < 4.78 is 161. The standard InChI is InChI=1S/C36H34N8O20S6/c1-21-33(36(46)44(42-21)27-9-11-28(12-10-27)67(50,51)16-15-61-69(55,56)57)39-37-24-5-13-29(31(17-24)65-64-63-47)30-14-6-25(18-32(30)68(52,53)54)38-40-34-22(2)41-43(35(34)45)26-7-3-23(4-8-26)19-66(48,49)20-62-70(58,59)60/h3-14,17-18,45-47H,15-16,19-20H2,1-2H3,(H,52,53,54)(H,55,56,57)(H,58,59,60). The van der Waals surface area contributed by atoms with Gasteiger partial charge in [0.15, 0.2) is 37.0 Å². The minimum Gasteiger partial charge on any atom is -0.492 e. The summed E-state index contributed by atoms with van der Waals surface area (Å²) in [4.78, 5) is -0.875. The van der Waals surface area contributed by atoms with E-state index in [4.69, 9.17) is 14.4 Å². The number of aromatic hydroxyl groups is 2. The summed E-state index contributed by atoms with van der Waals surface area (Å²) in [5.74, 6) is -3.79. The van der Waals surface area contributed by atoms with Gasteiger partial charge in [0.2, 0.25) is 11.8 Å². The van der Waals surface area contributed by atoms with Crippen LogP contribution in [0, 0.1) is 13.8 Å². The molecule has 0 unspecified atom stereocenters. The Balaban J connectivity index is 1.23. The predicted molar refractivity (Wildman–Crippen MR) is 240 cm³/mol. The van der Waals surface area contributed by atoms with E-state index in [0.29, 0.717) is 12.0 Å². The minimum absolute atomic E-state index is 0.0368. The van der Waals surface area contributed by atoms with E-state index < -0.39 is 91.3 Å². The zero-order chi connectivity index (χ0) is 51.4. The summed E-state index contributed by atoms with van der Waals surface area (Å²) in [5, 5.41) is 59.3. The maximum atomic E-state index is 12.8. The topological polar surface area (TPSA) is 414 Å². The van der Waals surface area contributed by atoms with Crippen LogP contribution in [0.25, 0.3) is 22.5 Å². The van der Waals surface area contributed by atoms with Gasteiger partial charge in [0.1, 0.15) is 4.90 Å². The number of aryl methyl sites for hydroxylation is 2. The zero-order valence-corrected chi connectivity index (χ0v) is 40.2. The highest BCUT2D eigenvalue weighted by molar-refractivity contribution is 7.94. The number of nitrogens with zero attached hydrogens (tertiary/aromatic N) is 8. The molecule has 0 spiro atoms. The second-order valence-corrected chi connectivity index (χ2v) is 22.5. The lowest BCUT2D eigenvalue weighted by Crippen LogP contribution is -2.15. The SMILES string of the molecule is Cc1nn(-c2ccc(S(=O)(=O)CCOS(=O)(=O)O)cc2)c(O)c1N=Nc1ccc(-c2ccc(N=Nc3c(C)nn(-c4ccc(CS(=O)(=O)COS(=O)(=O)O)cc4)c3O)cc2S(=O)(=O)O)c(SOOO)c1. The van der Waals surface area contributed by atoms with E-state index in [-0.39, 0.29) is 72.0 Å². The van der Waals surface area contributed by atoms with Crippen molar-refractivity contribution in [1.29, 1.82) is 0 Å². The first-order valence-corrected chi connectivity index (χ1v) is 27.2. The van der Waals surface area contributed by atoms with Crippen molar-refractivity contribution < 1.29 is 89.0 Å². The summed E-state index contributed by atoms with van der Waals surface area (Å²) in [7, 11) is -23.1. The lowest BCUT2D eigenvalue weighted by Gasteiger charge is -2.12. The maximum absolute atomic E-state index is 12.8. The molecule has 0 aliphatic rings. The van der Waals surface area contributed by atoms with E-state index in [1.54, 1.807) is 0 Å². The zero-order valence-electron chi connectivity index (χ0n) is 35.3. The Bertz CT molecular complexity index is 3590. The largest absolute Gasteiger partial charge is 0.492 e. The molecule has 0 bridgehead atoms. The molecule has 70 heavy (non-hydrogen) atoms. The molecule has 4 aromatic carbocycles. The summed E-state index contributed by atoms with van der Waals surface area (Å²) in [6.45, 7) is 2.11. The van der Waals surface area contributed by atoms with Crippen LogP contribution in [-0.4, -0.2) is 109 Å². The van der Waals surface area contributed by atoms with Crippen molar-refractivity contribution in [2.45, 2.75) is 34.3 Å². The molecule has 0 fully saturated rings. The van der Waals surface area contributed by atoms with E-state index in [0.717, 1.165) is 15.4 Å². The molecular weight excluding hydrogens is 1060 g/mol. The van der Waals surface area contributed by atoms with Crippen LogP contribution in [0.15, 0.2) is 120 Å². The van der Waals surface area contributed by atoms with Gasteiger partial charge in [-0.25, -0.2) is 30.5 Å². The molecule has 2 heterocycles. The van der Waals surface area contributed by atoms with Crippen molar-refractivity contribution in [2.75, 3.05) is 18.3 Å². The van der Waals surface area contributed by atoms with Gasteiger partial charge in [-0.05, 0) is 85.6 Å². The summed E-state index contributed by atoms with van der Waals surface area (Å²) in [5.41, 5.74) is 0.482. The Morgan fingerprint density at radius 1 is 0.629 bits per heavy atom. The molecule has 6 N–H and O–H groups in total. The second-order valence-electron chi connectivity index (χ2n) is 14.1. The number of rotatable bonds is 21. The van der Waals surface area contributed by atoms with Gasteiger partial charge < -0.3 is 10.2 Å². The predicted octanol–water partition coefficient (Wildman–Crippen LogP) is 5.54. The molecular formula is C36H34N8O20S6. The van der Waals surface area contributed by atoms with Crippen molar-refractivity contribution >= 4 is 85.4 Å². The van der Waals surface area contributed by atoms with Crippen LogP contribution >= 0.6 is 12.0 Å². The van der Waals surface area contributed by atoms with Crippen molar-refractivity contribution in [1.82, 2.24) is 19.6 Å².